The summed E-state index contributed by atoms with van der Waals surface area (Å²) in [5.41, 5.74) is 6.08. The SMILES string of the molecule is CCO[Si](C)(OCC)c1ccc(N(c2ccc(OC)cc2)c2ccc(N(c3ccc(OC)cc3)c3ccc(OC)cc3)cc2)cc1. The van der Waals surface area contributed by atoms with E-state index in [9.17, 15) is 0 Å². The molecule has 5 aromatic carbocycles. The van der Waals surface area contributed by atoms with Crippen molar-refractivity contribution in [3.63, 3.8) is 0 Å². The Kier molecular flexibility index (Phi) is 10.6. The van der Waals surface area contributed by atoms with Gasteiger partial charge in [0.25, 0.3) is 0 Å². The Morgan fingerprint density at radius 1 is 0.413 bits per heavy atom. The van der Waals surface area contributed by atoms with Crippen LogP contribution >= 0.6 is 0 Å². The zero-order valence-corrected chi connectivity index (χ0v) is 28.4. The maximum absolute atomic E-state index is 6.16. The van der Waals surface area contributed by atoms with Gasteiger partial charge < -0.3 is 32.9 Å². The summed E-state index contributed by atoms with van der Waals surface area (Å²) in [5, 5.41) is 1.10. The molecule has 0 aliphatic rings. The van der Waals surface area contributed by atoms with Gasteiger partial charge in [-0.05, 0) is 135 Å². The van der Waals surface area contributed by atoms with Crippen LogP contribution in [0.15, 0.2) is 121 Å². The highest BCUT2D eigenvalue weighted by Crippen LogP contribution is 2.40. The molecule has 0 aromatic heterocycles. The Morgan fingerprint density at radius 2 is 0.652 bits per heavy atom. The van der Waals surface area contributed by atoms with E-state index in [2.05, 4.69) is 101 Å². The van der Waals surface area contributed by atoms with E-state index in [4.69, 9.17) is 23.1 Å². The van der Waals surface area contributed by atoms with Crippen LogP contribution in [0.1, 0.15) is 13.8 Å². The smallest absolute Gasteiger partial charge is 0.369 e. The fourth-order valence-corrected chi connectivity index (χ4v) is 7.80. The van der Waals surface area contributed by atoms with Gasteiger partial charge in [0.2, 0.25) is 0 Å². The van der Waals surface area contributed by atoms with Gasteiger partial charge in [-0.1, -0.05) is 12.1 Å². The molecule has 0 amide bonds. The summed E-state index contributed by atoms with van der Waals surface area (Å²) in [6.45, 7) is 7.35. The predicted octanol–water partition coefficient (Wildman–Crippen LogP) is 9.00. The second-order valence-corrected chi connectivity index (χ2v) is 13.7. The highest BCUT2D eigenvalue weighted by atomic mass is 28.4. The highest BCUT2D eigenvalue weighted by Gasteiger charge is 2.33. The van der Waals surface area contributed by atoms with Crippen LogP contribution in [0.5, 0.6) is 17.2 Å². The molecule has 0 bridgehead atoms. The summed E-state index contributed by atoms with van der Waals surface area (Å²) in [7, 11) is 2.52. The average molecular weight is 635 g/mol. The summed E-state index contributed by atoms with van der Waals surface area (Å²) >= 11 is 0. The lowest BCUT2D eigenvalue weighted by Gasteiger charge is -2.29. The minimum atomic E-state index is -2.51. The van der Waals surface area contributed by atoms with Gasteiger partial charge in [-0.25, -0.2) is 0 Å². The third-order valence-corrected chi connectivity index (χ3v) is 10.9. The Labute approximate surface area is 273 Å². The van der Waals surface area contributed by atoms with E-state index in [1.165, 1.54) is 0 Å². The number of ether oxygens (including phenoxy) is 3. The van der Waals surface area contributed by atoms with Crippen molar-refractivity contribution in [3.8, 4) is 17.2 Å². The molecular weight excluding hydrogens is 593 g/mol. The Morgan fingerprint density at radius 3 is 0.891 bits per heavy atom. The second kappa shape index (κ2) is 15.0. The number of methoxy groups -OCH3 is 3. The van der Waals surface area contributed by atoms with Gasteiger partial charge in [0.05, 0.1) is 21.3 Å². The monoisotopic (exact) mass is 634 g/mol. The lowest BCUT2D eigenvalue weighted by molar-refractivity contribution is 0.202. The summed E-state index contributed by atoms with van der Waals surface area (Å²) in [5.74, 6) is 2.42. The standard InChI is InChI=1S/C38H42N2O5Si/c1-7-44-46(6,45-8-2)38-27-19-34(20-28-38)40(33-17-25-37(43-5)26-18-33)30-11-9-29(10-12-30)39(31-13-21-35(41-3)22-14-31)32-15-23-36(42-4)24-16-32/h9-28H,7-8H2,1-6H3. The molecule has 0 saturated heterocycles. The van der Waals surface area contributed by atoms with Crippen LogP contribution in [0, 0.1) is 0 Å². The molecule has 8 heteroatoms. The lowest BCUT2D eigenvalue weighted by Crippen LogP contribution is -2.51. The molecule has 0 saturated carbocycles. The summed E-state index contributed by atoms with van der Waals surface area (Å²) < 4.78 is 28.6. The molecule has 0 aliphatic heterocycles. The van der Waals surface area contributed by atoms with Gasteiger partial charge in [-0.15, -0.1) is 0 Å². The molecule has 5 rings (SSSR count). The van der Waals surface area contributed by atoms with Crippen LogP contribution < -0.4 is 29.2 Å². The van der Waals surface area contributed by atoms with Crippen molar-refractivity contribution in [2.45, 2.75) is 20.4 Å². The van der Waals surface area contributed by atoms with Crippen molar-refractivity contribution >= 4 is 47.9 Å². The number of hydrogen-bond acceptors (Lipinski definition) is 7. The summed E-state index contributed by atoms with van der Waals surface area (Å²) in [6.07, 6.45) is 0. The van der Waals surface area contributed by atoms with E-state index in [1.54, 1.807) is 21.3 Å². The van der Waals surface area contributed by atoms with Crippen molar-refractivity contribution in [1.82, 2.24) is 0 Å². The number of benzene rings is 5. The van der Waals surface area contributed by atoms with Crippen LogP contribution in [0.25, 0.3) is 0 Å². The largest absolute Gasteiger partial charge is 0.497 e. The van der Waals surface area contributed by atoms with Crippen molar-refractivity contribution in [3.05, 3.63) is 121 Å². The molecule has 0 spiro atoms. The van der Waals surface area contributed by atoms with E-state index in [0.29, 0.717) is 13.2 Å². The average Bonchev–Trinajstić information content (AvgIpc) is 3.10. The molecule has 5 aromatic rings. The fraction of sp³-hybridized carbons (Fsp3) is 0.211. The quantitative estimate of drug-likeness (QED) is 0.113. The minimum Gasteiger partial charge on any atom is -0.497 e. The van der Waals surface area contributed by atoms with Crippen molar-refractivity contribution in [2.75, 3.05) is 44.3 Å². The third-order valence-electron chi connectivity index (χ3n) is 7.85. The maximum Gasteiger partial charge on any atom is 0.369 e. The molecule has 46 heavy (non-hydrogen) atoms. The third kappa shape index (κ3) is 7.20. The highest BCUT2D eigenvalue weighted by molar-refractivity contribution is 6.80. The van der Waals surface area contributed by atoms with Gasteiger partial charge in [0, 0.05) is 47.3 Å². The van der Waals surface area contributed by atoms with Crippen molar-refractivity contribution in [2.24, 2.45) is 0 Å². The molecular formula is C38H42N2O5Si. The number of rotatable bonds is 14. The van der Waals surface area contributed by atoms with Crippen LogP contribution in [0.3, 0.4) is 0 Å². The molecule has 7 nitrogen and oxygen atoms in total. The van der Waals surface area contributed by atoms with Crippen LogP contribution in [-0.4, -0.2) is 43.1 Å². The lowest BCUT2D eigenvalue weighted by atomic mass is 10.1. The summed E-state index contributed by atoms with van der Waals surface area (Å²) in [4.78, 5) is 4.44. The molecule has 0 atom stereocenters. The van der Waals surface area contributed by atoms with E-state index < -0.39 is 8.56 Å². The Bertz CT molecular complexity index is 1610. The van der Waals surface area contributed by atoms with Gasteiger partial charge in [-0.2, -0.15) is 0 Å². The normalized spacial score (nSPS) is 11.2. The topological polar surface area (TPSA) is 52.6 Å². The first-order valence-electron chi connectivity index (χ1n) is 15.4. The van der Waals surface area contributed by atoms with Crippen LogP contribution in [0.2, 0.25) is 6.55 Å². The van der Waals surface area contributed by atoms with Gasteiger partial charge >= 0.3 is 8.56 Å². The van der Waals surface area contributed by atoms with Crippen molar-refractivity contribution in [1.29, 1.82) is 0 Å². The molecule has 0 fully saturated rings. The first-order valence-corrected chi connectivity index (χ1v) is 17.8. The molecule has 0 aliphatic carbocycles. The number of anilines is 6. The predicted molar refractivity (Wildman–Crippen MR) is 190 cm³/mol. The molecule has 0 unspecified atom stereocenters. The van der Waals surface area contributed by atoms with E-state index in [1.807, 2.05) is 50.2 Å². The molecule has 0 N–H and O–H groups in total. The van der Waals surface area contributed by atoms with Crippen molar-refractivity contribution < 1.29 is 23.1 Å². The number of nitrogens with zero attached hydrogens (tertiary/aromatic N) is 2. The van der Waals surface area contributed by atoms with Gasteiger partial charge in [0.15, 0.2) is 0 Å². The zero-order chi connectivity index (χ0) is 32.5. The second-order valence-electron chi connectivity index (χ2n) is 10.6. The molecule has 0 heterocycles. The Hall–Kier alpha value is -4.76. The van der Waals surface area contributed by atoms with E-state index in [-0.39, 0.29) is 0 Å². The first-order chi connectivity index (χ1) is 22.4. The van der Waals surface area contributed by atoms with Crippen LogP contribution in [-0.2, 0) is 8.85 Å². The van der Waals surface area contributed by atoms with E-state index in [0.717, 1.165) is 56.6 Å². The van der Waals surface area contributed by atoms with Gasteiger partial charge in [0.1, 0.15) is 17.2 Å². The fourth-order valence-electron chi connectivity index (χ4n) is 5.51. The maximum atomic E-state index is 6.16. The van der Waals surface area contributed by atoms with Crippen LogP contribution in [0.4, 0.5) is 34.1 Å². The number of hydrogen-bond donors (Lipinski definition) is 0. The molecule has 238 valence electrons. The molecule has 0 radical (unpaired) electrons. The van der Waals surface area contributed by atoms with E-state index >= 15 is 0 Å². The minimum absolute atomic E-state index is 0.610. The van der Waals surface area contributed by atoms with Gasteiger partial charge in [-0.3, -0.25) is 0 Å². The Balaban J connectivity index is 1.55. The summed E-state index contributed by atoms with van der Waals surface area (Å²) in [6, 6.07) is 41.3. The first kappa shape index (κ1) is 32.6. The zero-order valence-electron chi connectivity index (χ0n) is 27.4.